The van der Waals surface area contributed by atoms with E-state index in [4.69, 9.17) is 0 Å². The number of nitrogens with one attached hydrogen (secondary N) is 1. The zero-order chi connectivity index (χ0) is 13.9. The van der Waals surface area contributed by atoms with E-state index >= 15 is 0 Å². The van der Waals surface area contributed by atoms with Gasteiger partial charge in [0.1, 0.15) is 0 Å². The molecule has 1 aromatic rings. The minimum Gasteiger partial charge on any atom is -0.308 e. The maximum absolute atomic E-state index is 14.4. The Labute approximate surface area is 114 Å². The molecular weight excluding hydrogens is 244 g/mol. The van der Waals surface area contributed by atoms with Crippen LogP contribution in [0.5, 0.6) is 0 Å². The summed E-state index contributed by atoms with van der Waals surface area (Å²) in [5, 5.41) is 2.96. The molecule has 1 N–H and O–H groups in total. The van der Waals surface area contributed by atoms with E-state index in [1.165, 1.54) is 0 Å². The van der Waals surface area contributed by atoms with Gasteiger partial charge in [0.15, 0.2) is 0 Å². The topological polar surface area (TPSA) is 12.0 Å². The van der Waals surface area contributed by atoms with Gasteiger partial charge in [0.2, 0.25) is 0 Å². The molecule has 2 rings (SSSR count). The third-order valence-electron chi connectivity index (χ3n) is 4.22. The van der Waals surface area contributed by atoms with Crippen LogP contribution in [0.15, 0.2) is 24.3 Å². The predicted octanol–water partition coefficient (Wildman–Crippen LogP) is 4.43. The molecule has 1 aliphatic rings. The van der Waals surface area contributed by atoms with Gasteiger partial charge in [-0.2, -0.15) is 8.78 Å². The fourth-order valence-electron chi connectivity index (χ4n) is 2.63. The number of hydrogen-bond acceptors (Lipinski definition) is 1. The van der Waals surface area contributed by atoms with E-state index in [0.29, 0.717) is 18.9 Å². The molecule has 1 nitrogen and oxygen atoms in total. The van der Waals surface area contributed by atoms with Gasteiger partial charge in [-0.05, 0) is 37.3 Å². The Morgan fingerprint density at radius 2 is 1.95 bits per heavy atom. The highest BCUT2D eigenvalue weighted by atomic mass is 19.3. The molecule has 0 radical (unpaired) electrons. The number of piperidine rings is 1. The van der Waals surface area contributed by atoms with Crippen molar-refractivity contribution in [2.24, 2.45) is 0 Å². The van der Waals surface area contributed by atoms with Crippen LogP contribution in [0, 0.1) is 0 Å². The predicted molar refractivity (Wildman–Crippen MR) is 74.7 cm³/mol. The van der Waals surface area contributed by atoms with Crippen LogP contribution in [0.3, 0.4) is 0 Å². The van der Waals surface area contributed by atoms with E-state index in [1.807, 2.05) is 12.1 Å². The minimum atomic E-state index is -2.77. The Morgan fingerprint density at radius 1 is 1.26 bits per heavy atom. The summed E-state index contributed by atoms with van der Waals surface area (Å²) in [5.74, 6) is -2.34. The summed E-state index contributed by atoms with van der Waals surface area (Å²) >= 11 is 0. The molecule has 19 heavy (non-hydrogen) atoms. The van der Waals surface area contributed by atoms with Gasteiger partial charge in [-0.3, -0.25) is 0 Å². The van der Waals surface area contributed by atoms with Crippen molar-refractivity contribution >= 4 is 0 Å². The summed E-state index contributed by atoms with van der Waals surface area (Å²) in [6, 6.07) is 6.17. The molecule has 0 aromatic heterocycles. The molecule has 1 aliphatic heterocycles. The van der Waals surface area contributed by atoms with Gasteiger partial charge in [-0.1, -0.05) is 44.5 Å². The molecule has 0 aliphatic carbocycles. The maximum atomic E-state index is 14.4. The smallest absolute Gasteiger partial charge is 0.288 e. The van der Waals surface area contributed by atoms with Gasteiger partial charge in [0.05, 0.1) is 6.04 Å². The van der Waals surface area contributed by atoms with E-state index in [9.17, 15) is 8.78 Å². The lowest BCUT2D eigenvalue weighted by atomic mass is 9.91. The van der Waals surface area contributed by atoms with Crippen LogP contribution in [-0.4, -0.2) is 12.6 Å². The van der Waals surface area contributed by atoms with Crippen LogP contribution < -0.4 is 5.32 Å². The molecule has 1 fully saturated rings. The lowest BCUT2D eigenvalue weighted by molar-refractivity contribution is -0.0512. The van der Waals surface area contributed by atoms with Crippen molar-refractivity contribution in [2.75, 3.05) is 6.54 Å². The van der Waals surface area contributed by atoms with Crippen molar-refractivity contribution in [3.05, 3.63) is 35.4 Å². The van der Waals surface area contributed by atoms with E-state index in [-0.39, 0.29) is 5.56 Å². The highest BCUT2D eigenvalue weighted by Crippen LogP contribution is 2.36. The normalized spacial score (nSPS) is 22.2. The Bertz CT molecular complexity index is 394. The molecule has 0 bridgehead atoms. The highest BCUT2D eigenvalue weighted by molar-refractivity contribution is 5.29. The fourth-order valence-corrected chi connectivity index (χ4v) is 2.63. The first-order chi connectivity index (χ1) is 9.05. The van der Waals surface area contributed by atoms with Crippen LogP contribution >= 0.6 is 0 Å². The third-order valence-corrected chi connectivity index (χ3v) is 4.22. The van der Waals surface area contributed by atoms with E-state index < -0.39 is 12.0 Å². The first kappa shape index (κ1) is 14.4. The molecule has 0 saturated carbocycles. The van der Waals surface area contributed by atoms with Gasteiger partial charge >= 0.3 is 0 Å². The number of alkyl halides is 2. The van der Waals surface area contributed by atoms with Crippen LogP contribution in [0.2, 0.25) is 0 Å². The molecule has 106 valence electrons. The largest absolute Gasteiger partial charge is 0.308 e. The van der Waals surface area contributed by atoms with E-state index in [0.717, 1.165) is 24.8 Å². The Hall–Kier alpha value is -0.960. The summed E-state index contributed by atoms with van der Waals surface area (Å²) < 4.78 is 28.8. The summed E-state index contributed by atoms with van der Waals surface area (Å²) in [7, 11) is 0. The van der Waals surface area contributed by atoms with Crippen molar-refractivity contribution < 1.29 is 8.78 Å². The standard InChI is InChI=1S/C16H23F2N/c1-3-12(2)13-7-9-14(10-8-13)16(17,18)15-6-4-5-11-19-15/h7-10,12,15,19H,3-6,11H2,1-2H3. The molecule has 1 aromatic carbocycles. The molecule has 1 saturated heterocycles. The van der Waals surface area contributed by atoms with Crippen molar-refractivity contribution in [3.63, 3.8) is 0 Å². The molecule has 2 atom stereocenters. The van der Waals surface area contributed by atoms with Crippen molar-refractivity contribution in [2.45, 2.75) is 57.4 Å². The van der Waals surface area contributed by atoms with Crippen molar-refractivity contribution in [1.29, 1.82) is 0 Å². The van der Waals surface area contributed by atoms with Crippen LogP contribution in [-0.2, 0) is 5.92 Å². The average molecular weight is 267 g/mol. The van der Waals surface area contributed by atoms with E-state index in [2.05, 4.69) is 19.2 Å². The van der Waals surface area contributed by atoms with Crippen LogP contribution in [0.25, 0.3) is 0 Å². The molecule has 2 unspecified atom stereocenters. The second-order valence-electron chi connectivity index (χ2n) is 5.56. The lowest BCUT2D eigenvalue weighted by Gasteiger charge is -2.31. The van der Waals surface area contributed by atoms with Gasteiger partial charge in [0.25, 0.3) is 5.92 Å². The maximum Gasteiger partial charge on any atom is 0.288 e. The first-order valence-electron chi connectivity index (χ1n) is 7.27. The van der Waals surface area contributed by atoms with Gasteiger partial charge in [-0.15, -0.1) is 0 Å². The Morgan fingerprint density at radius 3 is 2.47 bits per heavy atom. The summed E-state index contributed by atoms with van der Waals surface area (Å²) in [4.78, 5) is 0. The van der Waals surface area contributed by atoms with Crippen LogP contribution in [0.1, 0.15) is 56.6 Å². The molecule has 0 amide bonds. The number of hydrogen-bond donors (Lipinski definition) is 1. The molecule has 0 spiro atoms. The monoisotopic (exact) mass is 267 g/mol. The van der Waals surface area contributed by atoms with Gasteiger partial charge in [0, 0.05) is 5.56 Å². The van der Waals surface area contributed by atoms with Crippen molar-refractivity contribution in [1.82, 2.24) is 5.32 Å². The molecular formula is C16H23F2N. The number of benzene rings is 1. The zero-order valence-electron chi connectivity index (χ0n) is 11.8. The number of rotatable bonds is 4. The summed E-state index contributed by atoms with van der Waals surface area (Å²) in [5.41, 5.74) is 1.28. The minimum absolute atomic E-state index is 0.138. The quantitative estimate of drug-likeness (QED) is 0.850. The summed E-state index contributed by atoms with van der Waals surface area (Å²) in [6.07, 6.45) is 3.47. The average Bonchev–Trinajstić information content (AvgIpc) is 2.47. The number of halogens is 2. The Balaban J connectivity index is 2.15. The second-order valence-corrected chi connectivity index (χ2v) is 5.56. The third kappa shape index (κ3) is 3.14. The van der Waals surface area contributed by atoms with Crippen molar-refractivity contribution in [3.8, 4) is 0 Å². The zero-order valence-corrected chi connectivity index (χ0v) is 11.8. The Kier molecular flexibility index (Phi) is 4.56. The second kappa shape index (κ2) is 6.00. The van der Waals surface area contributed by atoms with E-state index in [1.54, 1.807) is 12.1 Å². The SMILES string of the molecule is CCC(C)c1ccc(C(F)(F)C2CCCCN2)cc1. The first-order valence-corrected chi connectivity index (χ1v) is 7.27. The fraction of sp³-hybridized carbons (Fsp3) is 0.625. The molecule has 3 heteroatoms. The van der Waals surface area contributed by atoms with Crippen LogP contribution in [0.4, 0.5) is 8.78 Å². The molecule has 1 heterocycles. The highest BCUT2D eigenvalue weighted by Gasteiger charge is 2.41. The van der Waals surface area contributed by atoms with Gasteiger partial charge < -0.3 is 5.32 Å². The lowest BCUT2D eigenvalue weighted by Crippen LogP contribution is -2.45. The summed E-state index contributed by atoms with van der Waals surface area (Å²) in [6.45, 7) is 4.93. The van der Waals surface area contributed by atoms with Gasteiger partial charge in [-0.25, -0.2) is 0 Å².